The summed E-state index contributed by atoms with van der Waals surface area (Å²) in [5, 5.41) is 7.38. The van der Waals surface area contributed by atoms with Crippen LogP contribution in [0.25, 0.3) is 117 Å². The Hall–Kier alpha value is -7.69. The third-order valence-electron chi connectivity index (χ3n) is 13.2. The smallest absolute Gasteiger partial charge is 0.166 e. The Morgan fingerprint density at radius 2 is 0.917 bits per heavy atom. The third kappa shape index (κ3) is 4.53. The van der Waals surface area contributed by atoms with E-state index in [1.54, 1.807) is 0 Å². The average Bonchev–Trinajstić information content (AvgIpc) is 3.72. The van der Waals surface area contributed by atoms with Crippen molar-refractivity contribution in [2.24, 2.45) is 0 Å². The van der Waals surface area contributed by atoms with Crippen molar-refractivity contribution in [2.75, 3.05) is 0 Å². The van der Waals surface area contributed by atoms with E-state index in [0.717, 1.165) is 38.8 Å². The van der Waals surface area contributed by atoms with Gasteiger partial charge in [-0.1, -0.05) is 166 Å². The molecule has 9 aromatic carbocycles. The molecule has 2 aromatic heterocycles. The molecule has 0 fully saturated rings. The topological polar surface area (TPSA) is 43.6 Å². The highest BCUT2D eigenvalue weighted by atomic mass is 15.1. The molecule has 2 heterocycles. The van der Waals surface area contributed by atoms with Gasteiger partial charge in [-0.3, -0.25) is 0 Å². The number of nitrogens with zero attached hydrogens (tertiary/aromatic N) is 4. The molecule has 280 valence electrons. The monoisotopic (exact) mass is 764 g/mol. The van der Waals surface area contributed by atoms with Crippen LogP contribution in [0.15, 0.2) is 182 Å². The van der Waals surface area contributed by atoms with Crippen molar-refractivity contribution in [2.45, 2.75) is 19.3 Å². The normalized spacial score (nSPS) is 13.3. The number of para-hydroxylation sites is 1. The Kier molecular flexibility index (Phi) is 6.75. The lowest BCUT2D eigenvalue weighted by atomic mass is 9.82. The maximum Gasteiger partial charge on any atom is 0.166 e. The number of rotatable bonds is 4. The van der Waals surface area contributed by atoms with Gasteiger partial charge in [0.2, 0.25) is 0 Å². The van der Waals surface area contributed by atoms with Gasteiger partial charge in [0.15, 0.2) is 17.5 Å². The van der Waals surface area contributed by atoms with Crippen LogP contribution in [0.1, 0.15) is 25.0 Å². The Balaban J connectivity index is 1.11. The summed E-state index contributed by atoms with van der Waals surface area (Å²) < 4.78 is 2.44. The summed E-state index contributed by atoms with van der Waals surface area (Å²) in [4.78, 5) is 16.2. The molecule has 0 atom stereocenters. The quantitative estimate of drug-likeness (QED) is 0.179. The van der Waals surface area contributed by atoms with Gasteiger partial charge in [0.1, 0.15) is 0 Å². The number of fused-ring (bicyclic) bond motifs is 7. The van der Waals surface area contributed by atoms with Crippen LogP contribution in [0.2, 0.25) is 0 Å². The van der Waals surface area contributed by atoms with Crippen molar-refractivity contribution >= 4 is 43.4 Å². The maximum atomic E-state index is 5.48. The number of hydrogen-bond donors (Lipinski definition) is 0. The van der Waals surface area contributed by atoms with Gasteiger partial charge in [0.25, 0.3) is 0 Å². The number of aromatic nitrogens is 4. The van der Waals surface area contributed by atoms with Gasteiger partial charge in [-0.25, -0.2) is 15.0 Å². The van der Waals surface area contributed by atoms with E-state index in [0.29, 0.717) is 17.5 Å². The van der Waals surface area contributed by atoms with Crippen LogP contribution >= 0.6 is 0 Å². The maximum absolute atomic E-state index is 5.48. The molecule has 0 N–H and O–H groups in total. The summed E-state index contributed by atoms with van der Waals surface area (Å²) in [5.74, 6) is 1.94. The fourth-order valence-electron chi connectivity index (χ4n) is 10.5. The van der Waals surface area contributed by atoms with Gasteiger partial charge in [-0.2, -0.15) is 0 Å². The van der Waals surface area contributed by atoms with Crippen molar-refractivity contribution in [1.29, 1.82) is 0 Å². The Bertz CT molecular complexity index is 3650. The molecule has 0 radical (unpaired) electrons. The Labute approximate surface area is 347 Å². The minimum atomic E-state index is -0.159. The summed E-state index contributed by atoms with van der Waals surface area (Å²) >= 11 is 0. The second-order valence-corrected chi connectivity index (χ2v) is 16.7. The highest BCUT2D eigenvalue weighted by molar-refractivity contribution is 6.30. The first kappa shape index (κ1) is 33.3. The van der Waals surface area contributed by atoms with Gasteiger partial charge >= 0.3 is 0 Å². The standard InChI is InChI=1S/C56H36N4/c1-56(2)44-24-9-7-19-41(44)50-43(23-12-25-45(50)56)55-58-53(36-29-28-33-14-3-4-15-35(33)32-36)57-54(59-55)42-20-8-10-26-46(42)60-47-27-13-22-40-38-18-6-5-17-37(38)39-21-11-16-34-30-31-48(60)52(49(34)39)51(40)47/h3-32H,1-2H3. The molecular formula is C56H36N4. The zero-order valence-corrected chi connectivity index (χ0v) is 33.1. The summed E-state index contributed by atoms with van der Waals surface area (Å²) in [6.07, 6.45) is 0. The van der Waals surface area contributed by atoms with Gasteiger partial charge < -0.3 is 4.57 Å². The molecule has 4 heteroatoms. The molecule has 60 heavy (non-hydrogen) atoms. The SMILES string of the molecule is CC1(C)c2ccccc2-c2c(-c3nc(-c4ccc5ccccc5c4)nc(-c4ccccc4-n4c5cccc6c5c5c7c(cccc7ccc54)-c4ccccc4-6)n3)cccc21. The highest BCUT2D eigenvalue weighted by Crippen LogP contribution is 2.53. The number of benzene rings is 9. The number of hydrogen-bond acceptors (Lipinski definition) is 3. The van der Waals surface area contributed by atoms with E-state index >= 15 is 0 Å². The Morgan fingerprint density at radius 1 is 0.367 bits per heavy atom. The lowest BCUT2D eigenvalue weighted by Gasteiger charge is -2.21. The van der Waals surface area contributed by atoms with Crippen molar-refractivity contribution in [1.82, 2.24) is 19.5 Å². The molecule has 13 rings (SSSR count). The molecule has 11 aromatic rings. The van der Waals surface area contributed by atoms with Crippen LogP contribution in [0.3, 0.4) is 0 Å². The molecule has 0 saturated carbocycles. The molecule has 0 unspecified atom stereocenters. The predicted molar refractivity (Wildman–Crippen MR) is 247 cm³/mol. The summed E-state index contributed by atoms with van der Waals surface area (Å²) in [7, 11) is 0. The fraction of sp³-hybridized carbons (Fsp3) is 0.0536. The van der Waals surface area contributed by atoms with Crippen LogP contribution in [0.5, 0.6) is 0 Å². The van der Waals surface area contributed by atoms with Crippen LogP contribution in [0.4, 0.5) is 0 Å². The minimum Gasteiger partial charge on any atom is -0.308 e. The largest absolute Gasteiger partial charge is 0.308 e. The molecule has 0 spiro atoms. The van der Waals surface area contributed by atoms with Crippen LogP contribution in [-0.2, 0) is 5.41 Å². The molecule has 0 aliphatic heterocycles. The highest BCUT2D eigenvalue weighted by Gasteiger charge is 2.37. The molecule has 0 bridgehead atoms. The van der Waals surface area contributed by atoms with E-state index in [-0.39, 0.29) is 5.41 Å². The fourth-order valence-corrected chi connectivity index (χ4v) is 10.5. The van der Waals surface area contributed by atoms with E-state index in [2.05, 4.69) is 200 Å². The second-order valence-electron chi connectivity index (χ2n) is 16.7. The van der Waals surface area contributed by atoms with Crippen LogP contribution < -0.4 is 0 Å². The lowest BCUT2D eigenvalue weighted by molar-refractivity contribution is 0.660. The molecular weight excluding hydrogens is 729 g/mol. The van der Waals surface area contributed by atoms with E-state index in [9.17, 15) is 0 Å². The molecule has 0 saturated heterocycles. The van der Waals surface area contributed by atoms with Crippen LogP contribution in [0, 0.1) is 0 Å². The lowest BCUT2D eigenvalue weighted by Crippen LogP contribution is -2.14. The van der Waals surface area contributed by atoms with Crippen molar-refractivity contribution in [3.63, 3.8) is 0 Å². The molecule has 2 aliphatic rings. The van der Waals surface area contributed by atoms with Crippen LogP contribution in [-0.4, -0.2) is 19.5 Å². The van der Waals surface area contributed by atoms with Crippen molar-refractivity contribution in [3.8, 4) is 73.2 Å². The van der Waals surface area contributed by atoms with Crippen molar-refractivity contribution < 1.29 is 0 Å². The zero-order valence-electron chi connectivity index (χ0n) is 33.1. The van der Waals surface area contributed by atoms with E-state index in [4.69, 9.17) is 15.0 Å². The van der Waals surface area contributed by atoms with E-state index in [1.807, 2.05) is 0 Å². The first-order chi connectivity index (χ1) is 29.5. The van der Waals surface area contributed by atoms with Gasteiger partial charge in [-0.05, 0) is 96.4 Å². The third-order valence-corrected chi connectivity index (χ3v) is 13.2. The van der Waals surface area contributed by atoms with Gasteiger partial charge in [0, 0.05) is 32.9 Å². The van der Waals surface area contributed by atoms with E-state index in [1.165, 1.54) is 71.4 Å². The first-order valence-electron chi connectivity index (χ1n) is 20.7. The van der Waals surface area contributed by atoms with Gasteiger partial charge in [-0.15, -0.1) is 0 Å². The molecule has 0 amide bonds. The summed E-state index contributed by atoms with van der Waals surface area (Å²) in [6, 6.07) is 65.9. The second kappa shape index (κ2) is 12.2. The summed E-state index contributed by atoms with van der Waals surface area (Å²) in [6.45, 7) is 4.63. The van der Waals surface area contributed by atoms with E-state index < -0.39 is 0 Å². The molecule has 4 nitrogen and oxygen atoms in total. The predicted octanol–water partition coefficient (Wildman–Crippen LogP) is 14.2. The first-order valence-corrected chi connectivity index (χ1v) is 20.7. The zero-order chi connectivity index (χ0) is 39.7. The Morgan fingerprint density at radius 3 is 1.75 bits per heavy atom. The van der Waals surface area contributed by atoms with Gasteiger partial charge in [0.05, 0.1) is 16.7 Å². The average molecular weight is 765 g/mol. The summed E-state index contributed by atoms with van der Waals surface area (Å²) in [5.41, 5.74) is 16.1. The van der Waals surface area contributed by atoms with Crippen molar-refractivity contribution in [3.05, 3.63) is 193 Å². The molecule has 2 aliphatic carbocycles. The minimum absolute atomic E-state index is 0.159.